The van der Waals surface area contributed by atoms with E-state index in [1.54, 1.807) is 19.9 Å². The van der Waals surface area contributed by atoms with E-state index in [1.165, 1.54) is 17.0 Å². The van der Waals surface area contributed by atoms with Gasteiger partial charge in [-0.2, -0.15) is 4.98 Å². The van der Waals surface area contributed by atoms with Crippen LogP contribution in [0.4, 0.5) is 10.1 Å². The molecule has 25 heavy (non-hydrogen) atoms. The second kappa shape index (κ2) is 7.00. The summed E-state index contributed by atoms with van der Waals surface area (Å²) < 4.78 is 19.0. The van der Waals surface area contributed by atoms with E-state index >= 15 is 0 Å². The van der Waals surface area contributed by atoms with Gasteiger partial charge in [0.05, 0.1) is 11.6 Å². The van der Waals surface area contributed by atoms with E-state index in [1.807, 2.05) is 0 Å². The summed E-state index contributed by atoms with van der Waals surface area (Å²) in [5.41, 5.74) is 0.723. The normalized spacial score (nSPS) is 17.4. The van der Waals surface area contributed by atoms with Crippen molar-refractivity contribution < 1.29 is 18.5 Å². The number of aryl methyl sites for hydroxylation is 2. The Balaban J connectivity index is 1.66. The summed E-state index contributed by atoms with van der Waals surface area (Å²) in [6.07, 6.45) is 1.53. The molecule has 1 aromatic carbocycles. The molecule has 1 atom stereocenters. The van der Waals surface area contributed by atoms with Crippen LogP contribution in [-0.4, -0.2) is 39.9 Å². The number of rotatable bonds is 2. The summed E-state index contributed by atoms with van der Waals surface area (Å²) in [5.74, 6) is -1.21. The zero-order valence-electron chi connectivity index (χ0n) is 14.1. The van der Waals surface area contributed by atoms with Crippen LogP contribution in [-0.2, 0) is 9.59 Å². The Morgan fingerprint density at radius 3 is 2.84 bits per heavy atom. The second-order valence-corrected chi connectivity index (χ2v) is 6.21. The van der Waals surface area contributed by atoms with Gasteiger partial charge in [-0.3, -0.25) is 9.59 Å². The number of nitrogens with one attached hydrogen (secondary N) is 1. The molecule has 1 aliphatic rings. The minimum absolute atomic E-state index is 0.00923. The van der Waals surface area contributed by atoms with E-state index in [0.29, 0.717) is 24.8 Å². The smallest absolute Gasteiger partial charge is 0.313 e. The van der Waals surface area contributed by atoms with E-state index in [-0.39, 0.29) is 11.6 Å². The van der Waals surface area contributed by atoms with Crippen molar-refractivity contribution in [3.05, 3.63) is 41.3 Å². The minimum Gasteiger partial charge on any atom is -0.339 e. The fraction of sp³-hybridized carbons (Fsp3) is 0.412. The largest absolute Gasteiger partial charge is 0.339 e. The van der Waals surface area contributed by atoms with Gasteiger partial charge in [0.1, 0.15) is 5.82 Å². The lowest BCUT2D eigenvalue weighted by atomic mass is 9.98. The van der Waals surface area contributed by atoms with Crippen molar-refractivity contribution in [1.29, 1.82) is 0 Å². The Labute approximate surface area is 144 Å². The lowest BCUT2D eigenvalue weighted by Crippen LogP contribution is -2.44. The molecule has 0 spiro atoms. The third-order valence-corrected chi connectivity index (χ3v) is 4.17. The standard InChI is InChI=1S/C17H19FN4O3/c1-10-5-6-14(13(18)8-10)20-15(23)17(24)22-7-3-4-12(9-22)16-19-11(2)21-25-16/h5-6,8,12H,3-4,7,9H2,1-2H3,(H,20,23)/t12-/m1/s1. The SMILES string of the molecule is Cc1ccc(NC(=O)C(=O)N2CCC[C@@H](c3nc(C)no3)C2)c(F)c1. The molecule has 8 heteroatoms. The lowest BCUT2D eigenvalue weighted by molar-refractivity contribution is -0.144. The van der Waals surface area contributed by atoms with Crippen molar-refractivity contribution in [3.63, 3.8) is 0 Å². The summed E-state index contributed by atoms with van der Waals surface area (Å²) in [5, 5.41) is 6.10. The van der Waals surface area contributed by atoms with Gasteiger partial charge < -0.3 is 14.7 Å². The topological polar surface area (TPSA) is 88.3 Å². The molecule has 1 aromatic heterocycles. The van der Waals surface area contributed by atoms with Gasteiger partial charge in [-0.05, 0) is 44.4 Å². The quantitative estimate of drug-likeness (QED) is 0.842. The second-order valence-electron chi connectivity index (χ2n) is 6.21. The molecule has 1 saturated heterocycles. The summed E-state index contributed by atoms with van der Waals surface area (Å²) in [7, 11) is 0. The molecule has 1 fully saturated rings. The van der Waals surface area contributed by atoms with Crippen LogP contribution in [0.15, 0.2) is 22.7 Å². The van der Waals surface area contributed by atoms with E-state index in [4.69, 9.17) is 4.52 Å². The Morgan fingerprint density at radius 2 is 2.16 bits per heavy atom. The first-order chi connectivity index (χ1) is 11.9. The summed E-state index contributed by atoms with van der Waals surface area (Å²) in [4.78, 5) is 30.2. The van der Waals surface area contributed by atoms with Gasteiger partial charge in [0, 0.05) is 13.1 Å². The van der Waals surface area contributed by atoms with E-state index in [9.17, 15) is 14.0 Å². The molecular weight excluding hydrogens is 327 g/mol. The number of anilines is 1. The predicted octanol–water partition coefficient (Wildman–Crippen LogP) is 2.17. The highest BCUT2D eigenvalue weighted by Gasteiger charge is 2.31. The zero-order chi connectivity index (χ0) is 18.0. The molecule has 2 aromatic rings. The van der Waals surface area contributed by atoms with Crippen LogP contribution in [0.25, 0.3) is 0 Å². The summed E-state index contributed by atoms with van der Waals surface area (Å²) >= 11 is 0. The highest BCUT2D eigenvalue weighted by atomic mass is 19.1. The first-order valence-corrected chi connectivity index (χ1v) is 8.10. The van der Waals surface area contributed by atoms with Gasteiger partial charge in [-0.1, -0.05) is 11.2 Å². The highest BCUT2D eigenvalue weighted by molar-refractivity contribution is 6.39. The molecule has 0 unspecified atom stereocenters. The van der Waals surface area contributed by atoms with Crippen LogP contribution < -0.4 is 5.32 Å². The number of carbonyl (C=O) groups excluding carboxylic acids is 2. The predicted molar refractivity (Wildman–Crippen MR) is 87.4 cm³/mol. The van der Waals surface area contributed by atoms with Crippen LogP contribution in [0, 0.1) is 19.7 Å². The molecule has 1 N–H and O–H groups in total. The molecule has 1 aliphatic heterocycles. The fourth-order valence-electron chi connectivity index (χ4n) is 2.88. The van der Waals surface area contributed by atoms with Gasteiger partial charge in [0.25, 0.3) is 0 Å². The number of likely N-dealkylation sites (tertiary alicyclic amines) is 1. The zero-order valence-corrected chi connectivity index (χ0v) is 14.1. The maximum Gasteiger partial charge on any atom is 0.313 e. The number of halogens is 1. The third kappa shape index (κ3) is 3.84. The molecule has 132 valence electrons. The van der Waals surface area contributed by atoms with Gasteiger partial charge in [-0.25, -0.2) is 4.39 Å². The first kappa shape index (κ1) is 17.1. The third-order valence-electron chi connectivity index (χ3n) is 4.17. The first-order valence-electron chi connectivity index (χ1n) is 8.10. The summed E-state index contributed by atoms with van der Waals surface area (Å²) in [6, 6.07) is 4.41. The van der Waals surface area contributed by atoms with Crippen LogP contribution in [0.3, 0.4) is 0 Å². The van der Waals surface area contributed by atoms with Crippen LogP contribution >= 0.6 is 0 Å². The number of aromatic nitrogens is 2. The molecular formula is C17H19FN4O3. The number of piperidine rings is 1. The van der Waals surface area contributed by atoms with E-state index < -0.39 is 17.6 Å². The monoisotopic (exact) mass is 346 g/mol. The molecule has 2 amide bonds. The van der Waals surface area contributed by atoms with Crippen LogP contribution in [0.1, 0.15) is 36.0 Å². The molecule has 0 bridgehead atoms. The average molecular weight is 346 g/mol. The number of hydrogen-bond acceptors (Lipinski definition) is 5. The molecule has 0 saturated carbocycles. The van der Waals surface area contributed by atoms with Crippen LogP contribution in [0.5, 0.6) is 0 Å². The minimum atomic E-state index is -0.856. The summed E-state index contributed by atoms with van der Waals surface area (Å²) in [6.45, 7) is 4.26. The van der Waals surface area contributed by atoms with E-state index in [2.05, 4.69) is 15.5 Å². The Hall–Kier alpha value is -2.77. The maximum atomic E-state index is 13.8. The maximum absolute atomic E-state index is 13.8. The van der Waals surface area contributed by atoms with Crippen molar-refractivity contribution in [3.8, 4) is 0 Å². The van der Waals surface area contributed by atoms with Crippen molar-refractivity contribution >= 4 is 17.5 Å². The van der Waals surface area contributed by atoms with Crippen molar-refractivity contribution in [1.82, 2.24) is 15.0 Å². The number of carbonyl (C=O) groups is 2. The molecule has 2 heterocycles. The molecule has 7 nitrogen and oxygen atoms in total. The Kier molecular flexibility index (Phi) is 4.78. The fourth-order valence-corrected chi connectivity index (χ4v) is 2.88. The van der Waals surface area contributed by atoms with E-state index in [0.717, 1.165) is 18.4 Å². The van der Waals surface area contributed by atoms with Gasteiger partial charge in [0.15, 0.2) is 5.82 Å². The number of benzene rings is 1. The van der Waals surface area contributed by atoms with Crippen molar-refractivity contribution in [2.24, 2.45) is 0 Å². The molecule has 3 rings (SSSR count). The molecule has 0 radical (unpaired) electrons. The van der Waals surface area contributed by atoms with Crippen molar-refractivity contribution in [2.45, 2.75) is 32.6 Å². The highest BCUT2D eigenvalue weighted by Crippen LogP contribution is 2.26. The number of amides is 2. The Morgan fingerprint density at radius 1 is 1.36 bits per heavy atom. The number of hydrogen-bond donors (Lipinski definition) is 1. The van der Waals surface area contributed by atoms with Crippen molar-refractivity contribution in [2.75, 3.05) is 18.4 Å². The van der Waals surface area contributed by atoms with Crippen LogP contribution in [0.2, 0.25) is 0 Å². The van der Waals surface area contributed by atoms with Gasteiger partial charge >= 0.3 is 11.8 Å². The molecule has 0 aliphatic carbocycles. The number of nitrogens with zero attached hydrogens (tertiary/aromatic N) is 3. The van der Waals surface area contributed by atoms with Gasteiger partial charge in [-0.15, -0.1) is 0 Å². The van der Waals surface area contributed by atoms with Gasteiger partial charge in [0.2, 0.25) is 5.89 Å². The lowest BCUT2D eigenvalue weighted by Gasteiger charge is -2.30. The Bertz CT molecular complexity index is 805. The average Bonchev–Trinajstić information content (AvgIpc) is 3.03.